The number of nitrogens with zero attached hydrogens (tertiary/aromatic N) is 1. The Balaban J connectivity index is 0.000000240. The van der Waals surface area contributed by atoms with Crippen molar-refractivity contribution in [3.8, 4) is 0 Å². The minimum Gasteiger partial charge on any atom is -0.543 e. The van der Waals surface area contributed by atoms with Gasteiger partial charge in [0.25, 0.3) is 0 Å². The van der Waals surface area contributed by atoms with Crippen molar-refractivity contribution in [1.82, 2.24) is 9.97 Å². The van der Waals surface area contributed by atoms with Gasteiger partial charge in [-0.2, -0.15) is 0 Å². The molecule has 5 N–H and O–H groups in total. The monoisotopic (exact) mass is 278 g/mol. The average Bonchev–Trinajstić information content (AvgIpc) is 2.39. The van der Waals surface area contributed by atoms with Gasteiger partial charge in [-0.25, -0.2) is 14.8 Å². The van der Waals surface area contributed by atoms with Gasteiger partial charge >= 0.3 is 5.97 Å². The second-order valence-electron chi connectivity index (χ2n) is 3.42. The number of carbonyl (C=O) groups excluding carboxylic acids is 1. The first-order valence-corrected chi connectivity index (χ1v) is 5.16. The molecule has 0 saturated heterocycles. The summed E-state index contributed by atoms with van der Waals surface area (Å²) in [6.45, 7) is 0. The molecule has 0 aromatic carbocycles. The summed E-state index contributed by atoms with van der Waals surface area (Å²) in [6.07, 6.45) is 4.94. The smallest absolute Gasteiger partial charge is 0.352 e. The standard InChI is InChI=1S/C7H5NO5.C4H5N3/c9-3-1-4(6(10)11)8-5(2-3)7(12)13;5-4-3-6-1-2-7-4/h1-2H,(H,8,9)(H,10,11)(H,12,13);1-3H,(H2,5,7). The Morgan fingerprint density at radius 3 is 2.40 bits per heavy atom. The highest BCUT2D eigenvalue weighted by molar-refractivity contribution is 5.88. The molecular formula is C11H10N4O5. The maximum Gasteiger partial charge on any atom is 0.352 e. The molecule has 0 radical (unpaired) electrons. The minimum atomic E-state index is -1.62. The molecule has 0 atom stereocenters. The summed E-state index contributed by atoms with van der Waals surface area (Å²) < 4.78 is 0. The van der Waals surface area contributed by atoms with Crippen LogP contribution in [0.4, 0.5) is 5.82 Å². The van der Waals surface area contributed by atoms with E-state index in [4.69, 9.17) is 10.8 Å². The maximum atomic E-state index is 10.7. The van der Waals surface area contributed by atoms with E-state index in [0.29, 0.717) is 5.82 Å². The van der Waals surface area contributed by atoms with Gasteiger partial charge in [0.05, 0.1) is 17.9 Å². The Bertz CT molecular complexity index is 633. The highest BCUT2D eigenvalue weighted by atomic mass is 16.4. The fraction of sp³-hybridized carbons (Fsp3) is 0. The van der Waals surface area contributed by atoms with Crippen molar-refractivity contribution < 1.29 is 24.8 Å². The molecule has 2 aromatic heterocycles. The third-order valence-corrected chi connectivity index (χ3v) is 1.92. The zero-order chi connectivity index (χ0) is 15.1. The van der Waals surface area contributed by atoms with Gasteiger partial charge in [-0.15, -0.1) is 0 Å². The topological polar surface area (TPSA) is 163 Å². The number of aromatic nitrogens is 3. The molecule has 0 saturated carbocycles. The summed E-state index contributed by atoms with van der Waals surface area (Å²) in [5, 5.41) is 18.7. The normalized spacial score (nSPS) is 9.20. The summed E-state index contributed by atoms with van der Waals surface area (Å²) in [5.74, 6) is -2.51. The van der Waals surface area contributed by atoms with Crippen LogP contribution < -0.4 is 21.3 Å². The molecule has 0 spiro atoms. The lowest BCUT2D eigenvalue weighted by atomic mass is 10.3. The number of hydrogen-bond donors (Lipinski definition) is 3. The van der Waals surface area contributed by atoms with Gasteiger partial charge in [-0.05, 0) is 0 Å². The highest BCUT2D eigenvalue weighted by Gasteiger charge is 2.05. The van der Waals surface area contributed by atoms with Crippen LogP contribution in [-0.4, -0.2) is 27.0 Å². The quantitative estimate of drug-likeness (QED) is 0.567. The lowest BCUT2D eigenvalue weighted by Gasteiger charge is -2.02. The van der Waals surface area contributed by atoms with Crippen LogP contribution >= 0.6 is 0 Å². The van der Waals surface area contributed by atoms with Crippen LogP contribution in [0.2, 0.25) is 0 Å². The Morgan fingerprint density at radius 2 is 2.00 bits per heavy atom. The molecule has 0 aliphatic rings. The van der Waals surface area contributed by atoms with Gasteiger partial charge in [0.15, 0.2) is 17.4 Å². The number of rotatable bonds is 2. The molecule has 0 aliphatic carbocycles. The minimum absolute atomic E-state index is 0.480. The van der Waals surface area contributed by atoms with Crippen molar-refractivity contribution in [2.45, 2.75) is 0 Å². The second kappa shape index (κ2) is 6.64. The summed E-state index contributed by atoms with van der Waals surface area (Å²) in [4.78, 5) is 39.9. The second-order valence-corrected chi connectivity index (χ2v) is 3.42. The van der Waals surface area contributed by atoms with Crippen LogP contribution in [0.1, 0.15) is 21.0 Å². The zero-order valence-electron chi connectivity index (χ0n) is 9.99. The van der Waals surface area contributed by atoms with Gasteiger partial charge in [-0.3, -0.25) is 4.79 Å². The van der Waals surface area contributed by atoms with Crippen molar-refractivity contribution >= 4 is 17.8 Å². The van der Waals surface area contributed by atoms with Crippen molar-refractivity contribution in [3.05, 3.63) is 52.3 Å². The molecule has 2 rings (SSSR count). The van der Waals surface area contributed by atoms with Gasteiger partial charge in [0.2, 0.25) is 6.20 Å². The maximum absolute atomic E-state index is 10.7. The SMILES string of the molecule is Nc1c[nH+]ccn1.O=C([O-])c1cc(=O)cc(C(=O)O)[nH]1. The molecule has 2 heterocycles. The first-order chi connectivity index (χ1) is 9.40. The number of hydrogen-bond acceptors (Lipinski definition) is 6. The number of carbonyl (C=O) groups is 2. The fourth-order valence-corrected chi connectivity index (χ4v) is 1.11. The molecule has 9 heteroatoms. The molecule has 2 aromatic rings. The van der Waals surface area contributed by atoms with Crippen LogP contribution in [0, 0.1) is 0 Å². The number of aromatic amines is 2. The molecule has 0 bridgehead atoms. The summed E-state index contributed by atoms with van der Waals surface area (Å²) in [5.41, 5.74) is 3.49. The predicted molar refractivity (Wildman–Crippen MR) is 63.6 cm³/mol. The molecule has 104 valence electrons. The first-order valence-electron chi connectivity index (χ1n) is 5.16. The van der Waals surface area contributed by atoms with Crippen molar-refractivity contribution in [2.75, 3.05) is 5.73 Å². The lowest BCUT2D eigenvalue weighted by molar-refractivity contribution is -0.377. The zero-order valence-corrected chi connectivity index (χ0v) is 9.99. The number of nitrogens with one attached hydrogen (secondary N) is 2. The number of aromatic carboxylic acids is 2. The first kappa shape index (κ1) is 14.8. The Kier molecular flexibility index (Phi) is 4.92. The van der Waals surface area contributed by atoms with Crippen LogP contribution in [0.15, 0.2) is 35.5 Å². The third kappa shape index (κ3) is 4.56. The van der Waals surface area contributed by atoms with Gasteiger partial charge in [-0.1, -0.05) is 0 Å². The number of carboxylic acid groups (broad SMARTS) is 2. The molecule has 0 aliphatic heterocycles. The lowest BCUT2D eigenvalue weighted by Crippen LogP contribution is -2.26. The number of nitrogen functional groups attached to an aromatic ring is 1. The highest BCUT2D eigenvalue weighted by Crippen LogP contribution is 1.93. The Hall–Kier alpha value is -3.23. The predicted octanol–water partition coefficient (Wildman–Crippen LogP) is -2.09. The number of H-pyrrole nitrogens is 2. The summed E-state index contributed by atoms with van der Waals surface area (Å²) in [7, 11) is 0. The molecule has 0 fully saturated rings. The van der Waals surface area contributed by atoms with Crippen molar-refractivity contribution in [3.63, 3.8) is 0 Å². The number of carboxylic acids is 2. The molecule has 0 amide bonds. The average molecular weight is 278 g/mol. The van der Waals surface area contributed by atoms with Crippen LogP contribution in [0.25, 0.3) is 0 Å². The van der Waals surface area contributed by atoms with E-state index < -0.39 is 28.8 Å². The number of nitrogens with two attached hydrogens (primary N) is 1. The van der Waals surface area contributed by atoms with Gasteiger partial charge < -0.3 is 25.7 Å². The summed E-state index contributed by atoms with van der Waals surface area (Å²) >= 11 is 0. The van der Waals surface area contributed by atoms with E-state index in [1.807, 2.05) is 4.98 Å². The summed E-state index contributed by atoms with van der Waals surface area (Å²) in [6, 6.07) is 1.54. The number of anilines is 1. The largest absolute Gasteiger partial charge is 0.543 e. The van der Waals surface area contributed by atoms with Crippen molar-refractivity contribution in [1.29, 1.82) is 0 Å². The molecule has 0 unspecified atom stereocenters. The molecule has 9 nitrogen and oxygen atoms in total. The molecular weight excluding hydrogens is 268 g/mol. The Morgan fingerprint density at radius 1 is 1.35 bits per heavy atom. The van der Waals surface area contributed by atoms with E-state index in [0.717, 1.165) is 12.1 Å². The third-order valence-electron chi connectivity index (χ3n) is 1.92. The van der Waals surface area contributed by atoms with Crippen LogP contribution in [0.5, 0.6) is 0 Å². The fourth-order valence-electron chi connectivity index (χ4n) is 1.11. The van der Waals surface area contributed by atoms with E-state index in [2.05, 4.69) is 9.97 Å². The number of pyridine rings is 1. The van der Waals surface area contributed by atoms with Crippen LogP contribution in [-0.2, 0) is 0 Å². The van der Waals surface area contributed by atoms with Gasteiger partial charge in [0, 0.05) is 12.1 Å². The Labute approximate surface area is 111 Å². The van der Waals surface area contributed by atoms with E-state index in [1.165, 1.54) is 0 Å². The molecule has 20 heavy (non-hydrogen) atoms. The van der Waals surface area contributed by atoms with E-state index in [-0.39, 0.29) is 0 Å². The van der Waals surface area contributed by atoms with E-state index >= 15 is 0 Å². The van der Waals surface area contributed by atoms with Crippen LogP contribution in [0.3, 0.4) is 0 Å². The van der Waals surface area contributed by atoms with Crippen molar-refractivity contribution in [2.24, 2.45) is 0 Å². The van der Waals surface area contributed by atoms with Gasteiger partial charge in [0.1, 0.15) is 5.69 Å². The van der Waals surface area contributed by atoms with E-state index in [9.17, 15) is 19.5 Å². The van der Waals surface area contributed by atoms with E-state index in [1.54, 1.807) is 18.6 Å².